The second-order valence-electron chi connectivity index (χ2n) is 4.01. The summed E-state index contributed by atoms with van der Waals surface area (Å²) in [6.45, 7) is 1.67. The summed E-state index contributed by atoms with van der Waals surface area (Å²) < 4.78 is 22.7. The minimum absolute atomic E-state index is 0.0169. The molecule has 96 valence electrons. The largest absolute Gasteiger partial charge is 0.271 e. The van der Waals surface area contributed by atoms with E-state index in [0.717, 1.165) is 12.0 Å². The van der Waals surface area contributed by atoms with Crippen LogP contribution in [0.2, 0.25) is 0 Å². The normalized spacial score (nSPS) is 13.5. The van der Waals surface area contributed by atoms with Crippen LogP contribution in [0.5, 0.6) is 0 Å². The molecule has 0 saturated carbocycles. The van der Waals surface area contributed by atoms with Crippen molar-refractivity contribution in [3.05, 3.63) is 35.9 Å². The summed E-state index contributed by atoms with van der Waals surface area (Å²) in [6.07, 6.45) is 1.35. The Bertz CT molecular complexity index is 417. The maximum Gasteiger partial charge on any atom is 0.150 e. The molecule has 0 radical (unpaired) electrons. The van der Waals surface area contributed by atoms with Crippen LogP contribution in [0, 0.1) is 0 Å². The van der Waals surface area contributed by atoms with Gasteiger partial charge in [0.25, 0.3) is 0 Å². The average molecular weight is 256 g/mol. The molecule has 1 aromatic rings. The van der Waals surface area contributed by atoms with Gasteiger partial charge in [-0.05, 0) is 18.4 Å². The molecule has 0 saturated heterocycles. The predicted molar refractivity (Wildman–Crippen MR) is 70.1 cm³/mol. The molecule has 0 aliphatic rings. The van der Waals surface area contributed by atoms with Crippen LogP contribution in [0.25, 0.3) is 0 Å². The van der Waals surface area contributed by atoms with Crippen molar-refractivity contribution >= 4 is 9.84 Å². The fraction of sp³-hybridized carbons (Fsp3) is 0.500. The molecule has 0 aromatic heterocycles. The molecule has 1 atom stereocenters. The molecule has 0 heterocycles. The third-order valence-corrected chi connectivity index (χ3v) is 4.58. The van der Waals surface area contributed by atoms with Gasteiger partial charge in [-0.1, -0.05) is 37.3 Å². The van der Waals surface area contributed by atoms with Crippen molar-refractivity contribution in [2.75, 3.05) is 11.5 Å². The highest BCUT2D eigenvalue weighted by Gasteiger charge is 2.12. The lowest BCUT2D eigenvalue weighted by molar-refractivity contribution is 0.507. The van der Waals surface area contributed by atoms with Crippen molar-refractivity contribution in [2.24, 2.45) is 5.84 Å². The zero-order valence-corrected chi connectivity index (χ0v) is 10.9. The molecule has 0 aliphatic carbocycles. The standard InChI is InChI=1S/C12H20N2O2S/c1-2-17(15,16)10-6-9-12(14-13)11-7-4-3-5-8-11/h3-5,7-8,12,14H,2,6,9-10,13H2,1H3. The lowest BCUT2D eigenvalue weighted by Crippen LogP contribution is -2.28. The van der Waals surface area contributed by atoms with Gasteiger partial charge in [-0.25, -0.2) is 8.42 Å². The third kappa shape index (κ3) is 4.85. The second kappa shape index (κ2) is 6.74. The summed E-state index contributed by atoms with van der Waals surface area (Å²) in [6, 6.07) is 9.82. The third-order valence-electron chi connectivity index (χ3n) is 2.79. The summed E-state index contributed by atoms with van der Waals surface area (Å²) in [7, 11) is -2.87. The smallest absolute Gasteiger partial charge is 0.150 e. The maximum atomic E-state index is 11.4. The van der Waals surface area contributed by atoms with E-state index in [1.54, 1.807) is 6.92 Å². The Morgan fingerprint density at radius 2 is 1.94 bits per heavy atom. The highest BCUT2D eigenvalue weighted by Crippen LogP contribution is 2.17. The van der Waals surface area contributed by atoms with E-state index < -0.39 is 9.84 Å². The molecule has 0 fully saturated rings. The van der Waals surface area contributed by atoms with E-state index in [1.807, 2.05) is 30.3 Å². The Kier molecular flexibility index (Phi) is 5.61. The molecule has 1 aromatic carbocycles. The number of rotatable bonds is 7. The number of benzene rings is 1. The molecule has 0 aliphatic heterocycles. The zero-order valence-electron chi connectivity index (χ0n) is 10.1. The highest BCUT2D eigenvalue weighted by molar-refractivity contribution is 7.91. The first-order chi connectivity index (χ1) is 8.09. The van der Waals surface area contributed by atoms with Gasteiger partial charge in [-0.3, -0.25) is 11.3 Å². The molecule has 17 heavy (non-hydrogen) atoms. The lowest BCUT2D eigenvalue weighted by atomic mass is 10.0. The van der Waals surface area contributed by atoms with E-state index >= 15 is 0 Å². The summed E-state index contributed by atoms with van der Waals surface area (Å²) in [4.78, 5) is 0. The minimum Gasteiger partial charge on any atom is -0.271 e. The van der Waals surface area contributed by atoms with Crippen LogP contribution in [0.15, 0.2) is 30.3 Å². The molecule has 0 spiro atoms. The maximum absolute atomic E-state index is 11.4. The molecule has 4 nitrogen and oxygen atoms in total. The average Bonchev–Trinajstić information content (AvgIpc) is 2.36. The highest BCUT2D eigenvalue weighted by atomic mass is 32.2. The second-order valence-corrected chi connectivity index (χ2v) is 6.48. The number of nitrogens with one attached hydrogen (secondary N) is 1. The number of hydrogen-bond acceptors (Lipinski definition) is 4. The van der Waals surface area contributed by atoms with E-state index in [1.165, 1.54) is 0 Å². The molecule has 1 unspecified atom stereocenters. The van der Waals surface area contributed by atoms with Gasteiger partial charge in [0.15, 0.2) is 0 Å². The molecule has 5 heteroatoms. The summed E-state index contributed by atoms with van der Waals surface area (Å²) in [5.41, 5.74) is 3.81. The topological polar surface area (TPSA) is 72.2 Å². The van der Waals surface area contributed by atoms with Gasteiger partial charge < -0.3 is 0 Å². The summed E-state index contributed by atoms with van der Waals surface area (Å²) >= 11 is 0. The van der Waals surface area contributed by atoms with E-state index in [4.69, 9.17) is 5.84 Å². The minimum atomic E-state index is -2.87. The van der Waals surface area contributed by atoms with E-state index in [-0.39, 0.29) is 17.5 Å². The quantitative estimate of drug-likeness (QED) is 0.571. The monoisotopic (exact) mass is 256 g/mol. The predicted octanol–water partition coefficient (Wildman–Crippen LogP) is 1.41. The molecular weight excluding hydrogens is 236 g/mol. The van der Waals surface area contributed by atoms with E-state index in [2.05, 4.69) is 5.43 Å². The van der Waals surface area contributed by atoms with Gasteiger partial charge in [-0.2, -0.15) is 0 Å². The molecular formula is C12H20N2O2S. The van der Waals surface area contributed by atoms with Crippen molar-refractivity contribution in [3.63, 3.8) is 0 Å². The Balaban J connectivity index is 2.50. The van der Waals surface area contributed by atoms with Crippen molar-refractivity contribution in [1.29, 1.82) is 0 Å². The van der Waals surface area contributed by atoms with Crippen molar-refractivity contribution < 1.29 is 8.42 Å². The molecule has 0 bridgehead atoms. The van der Waals surface area contributed by atoms with E-state index in [0.29, 0.717) is 6.42 Å². The Hall–Kier alpha value is -0.910. The van der Waals surface area contributed by atoms with Gasteiger partial charge in [0.05, 0.1) is 5.75 Å². The van der Waals surface area contributed by atoms with Crippen LogP contribution in [-0.2, 0) is 9.84 Å². The van der Waals surface area contributed by atoms with Crippen LogP contribution in [-0.4, -0.2) is 19.9 Å². The first-order valence-corrected chi connectivity index (χ1v) is 7.62. The summed E-state index contributed by atoms with van der Waals surface area (Å²) in [5.74, 6) is 5.93. The van der Waals surface area contributed by atoms with Crippen LogP contribution in [0.1, 0.15) is 31.4 Å². The lowest BCUT2D eigenvalue weighted by Gasteiger charge is -2.15. The first kappa shape index (κ1) is 14.2. The van der Waals surface area contributed by atoms with E-state index in [9.17, 15) is 8.42 Å². The van der Waals surface area contributed by atoms with Crippen LogP contribution >= 0.6 is 0 Å². The van der Waals surface area contributed by atoms with Crippen LogP contribution in [0.4, 0.5) is 0 Å². The van der Waals surface area contributed by atoms with Crippen molar-refractivity contribution in [2.45, 2.75) is 25.8 Å². The van der Waals surface area contributed by atoms with Crippen LogP contribution < -0.4 is 11.3 Å². The Morgan fingerprint density at radius 3 is 2.47 bits per heavy atom. The first-order valence-electron chi connectivity index (χ1n) is 5.80. The molecule has 0 amide bonds. The van der Waals surface area contributed by atoms with Gasteiger partial charge in [0, 0.05) is 11.8 Å². The fourth-order valence-electron chi connectivity index (χ4n) is 1.68. The van der Waals surface area contributed by atoms with Gasteiger partial charge in [0.2, 0.25) is 0 Å². The zero-order chi connectivity index (χ0) is 12.7. The fourth-order valence-corrected chi connectivity index (χ4v) is 2.58. The molecule has 1 rings (SSSR count). The Morgan fingerprint density at radius 1 is 1.29 bits per heavy atom. The molecule has 3 N–H and O–H groups in total. The number of hydrazine groups is 1. The number of sulfone groups is 1. The number of nitrogens with two attached hydrogens (primary N) is 1. The Labute approximate surface area is 103 Å². The SMILES string of the molecule is CCS(=O)(=O)CCCC(NN)c1ccccc1. The van der Waals surface area contributed by atoms with Gasteiger partial charge >= 0.3 is 0 Å². The van der Waals surface area contributed by atoms with Gasteiger partial charge in [-0.15, -0.1) is 0 Å². The van der Waals surface area contributed by atoms with Crippen molar-refractivity contribution in [3.8, 4) is 0 Å². The van der Waals surface area contributed by atoms with Crippen molar-refractivity contribution in [1.82, 2.24) is 5.43 Å². The number of hydrogen-bond donors (Lipinski definition) is 2. The van der Waals surface area contributed by atoms with Crippen LogP contribution in [0.3, 0.4) is 0 Å². The van der Waals surface area contributed by atoms with Gasteiger partial charge in [0.1, 0.15) is 9.84 Å². The summed E-state index contributed by atoms with van der Waals surface area (Å²) in [5, 5.41) is 0.